The van der Waals surface area contributed by atoms with E-state index in [0.717, 1.165) is 5.56 Å². The average molecular weight is 444 g/mol. The number of aromatic amines is 2. The van der Waals surface area contributed by atoms with Crippen LogP contribution in [0.1, 0.15) is 23.6 Å². The lowest BCUT2D eigenvalue weighted by atomic mass is 10.1. The molecule has 3 N–H and O–H groups in total. The molecular weight excluding hydrogens is 420 g/mol. The monoisotopic (exact) mass is 444 g/mol. The summed E-state index contributed by atoms with van der Waals surface area (Å²) in [6.07, 6.45) is 1.47. The Balaban J connectivity index is 1.94. The van der Waals surface area contributed by atoms with E-state index in [9.17, 15) is 14.4 Å². The van der Waals surface area contributed by atoms with Crippen molar-refractivity contribution in [1.29, 1.82) is 0 Å². The first kappa shape index (κ1) is 22.8. The molecule has 0 unspecified atom stereocenters. The van der Waals surface area contributed by atoms with Crippen LogP contribution in [-0.2, 0) is 29.2 Å². The van der Waals surface area contributed by atoms with Crippen LogP contribution in [-0.4, -0.2) is 42.3 Å². The minimum absolute atomic E-state index is 0.0620. The van der Waals surface area contributed by atoms with Crippen LogP contribution in [0, 0.1) is 0 Å². The summed E-state index contributed by atoms with van der Waals surface area (Å²) in [5.74, 6) is 1.21. The van der Waals surface area contributed by atoms with Crippen molar-refractivity contribution >= 4 is 17.0 Å². The number of rotatable bonds is 9. The van der Waals surface area contributed by atoms with Crippen molar-refractivity contribution in [1.82, 2.24) is 20.3 Å². The van der Waals surface area contributed by atoms with Crippen molar-refractivity contribution in [3.05, 3.63) is 55.9 Å². The fraction of sp³-hybridized carbons (Fsp3) is 0.333. The Morgan fingerprint density at radius 1 is 0.969 bits per heavy atom. The number of fused-ring (bicyclic) bond motifs is 1. The molecule has 0 radical (unpaired) electrons. The number of esters is 1. The highest BCUT2D eigenvalue weighted by molar-refractivity contribution is 5.78. The van der Waals surface area contributed by atoms with Crippen LogP contribution >= 0.6 is 0 Å². The second-order valence-electron chi connectivity index (χ2n) is 6.80. The van der Waals surface area contributed by atoms with Gasteiger partial charge < -0.3 is 24.3 Å². The Morgan fingerprint density at radius 3 is 2.31 bits per heavy atom. The maximum Gasteiger partial charge on any atom is 0.327 e. The van der Waals surface area contributed by atoms with Gasteiger partial charge >= 0.3 is 11.7 Å². The predicted octanol–water partition coefficient (Wildman–Crippen LogP) is 0.990. The zero-order valence-corrected chi connectivity index (χ0v) is 18.2. The number of methoxy groups -OCH3 is 3. The van der Waals surface area contributed by atoms with Gasteiger partial charge in [0.05, 0.1) is 26.7 Å². The lowest BCUT2D eigenvalue weighted by molar-refractivity contribution is -0.142. The van der Waals surface area contributed by atoms with Gasteiger partial charge in [0.25, 0.3) is 5.56 Å². The van der Waals surface area contributed by atoms with Gasteiger partial charge in [-0.05, 0) is 11.6 Å². The molecule has 2 heterocycles. The second kappa shape index (κ2) is 9.96. The molecule has 0 amide bonds. The Kier molecular flexibility index (Phi) is 7.11. The summed E-state index contributed by atoms with van der Waals surface area (Å²) in [6.45, 7) is 1.82. The number of nitrogens with zero attached hydrogens (tertiary/aromatic N) is 1. The van der Waals surface area contributed by atoms with Gasteiger partial charge in [-0.15, -0.1) is 0 Å². The lowest BCUT2D eigenvalue weighted by Gasteiger charge is -2.16. The van der Waals surface area contributed by atoms with E-state index in [1.54, 1.807) is 26.4 Å². The molecule has 0 atom stereocenters. The largest absolute Gasteiger partial charge is 0.496 e. The van der Waals surface area contributed by atoms with Crippen LogP contribution in [0.2, 0.25) is 0 Å². The topological polar surface area (TPSA) is 145 Å². The number of ether oxygens (including phenoxy) is 4. The Labute approximate surface area is 182 Å². The summed E-state index contributed by atoms with van der Waals surface area (Å²) >= 11 is 0. The summed E-state index contributed by atoms with van der Waals surface area (Å²) in [4.78, 5) is 44.2. The van der Waals surface area contributed by atoms with Crippen LogP contribution in [0.4, 0.5) is 0 Å². The van der Waals surface area contributed by atoms with Gasteiger partial charge in [0.15, 0.2) is 11.5 Å². The van der Waals surface area contributed by atoms with Crippen LogP contribution in [0.3, 0.4) is 0 Å². The molecule has 3 aromatic rings. The van der Waals surface area contributed by atoms with Gasteiger partial charge in [0.2, 0.25) is 0 Å². The number of benzene rings is 1. The number of H-pyrrole nitrogens is 2. The SMILES string of the molecule is COc1cc(OC)c(OC)cc1CNCc1c(COC(C)=O)cnc2[nH]c(=O)[nH]c(=O)c12. The lowest BCUT2D eigenvalue weighted by Crippen LogP contribution is -2.25. The molecule has 11 nitrogen and oxygen atoms in total. The Hall–Kier alpha value is -3.86. The molecule has 3 rings (SSSR count). The third-order valence-electron chi connectivity index (χ3n) is 4.80. The fourth-order valence-electron chi connectivity index (χ4n) is 3.29. The van der Waals surface area contributed by atoms with Crippen molar-refractivity contribution in [3.8, 4) is 17.2 Å². The minimum Gasteiger partial charge on any atom is -0.496 e. The van der Waals surface area contributed by atoms with E-state index in [1.165, 1.54) is 20.2 Å². The van der Waals surface area contributed by atoms with Crippen LogP contribution in [0.15, 0.2) is 27.9 Å². The van der Waals surface area contributed by atoms with E-state index in [1.807, 2.05) is 0 Å². The molecule has 0 aliphatic rings. The van der Waals surface area contributed by atoms with Crippen LogP contribution < -0.4 is 30.8 Å². The van der Waals surface area contributed by atoms with E-state index in [-0.39, 0.29) is 24.2 Å². The molecule has 0 fully saturated rings. The highest BCUT2D eigenvalue weighted by atomic mass is 16.5. The fourth-order valence-corrected chi connectivity index (χ4v) is 3.29. The number of nitrogens with one attached hydrogen (secondary N) is 3. The predicted molar refractivity (Wildman–Crippen MR) is 115 cm³/mol. The van der Waals surface area contributed by atoms with Crippen molar-refractivity contribution in [2.24, 2.45) is 0 Å². The van der Waals surface area contributed by atoms with Gasteiger partial charge in [-0.25, -0.2) is 9.78 Å². The van der Waals surface area contributed by atoms with Crippen molar-refractivity contribution in [2.75, 3.05) is 21.3 Å². The van der Waals surface area contributed by atoms with Gasteiger partial charge in [-0.2, -0.15) is 0 Å². The smallest absolute Gasteiger partial charge is 0.327 e. The zero-order chi connectivity index (χ0) is 23.3. The summed E-state index contributed by atoms with van der Waals surface area (Å²) in [6, 6.07) is 3.51. The Morgan fingerprint density at radius 2 is 1.66 bits per heavy atom. The third kappa shape index (κ3) is 4.89. The number of pyridine rings is 1. The number of hydrogen-bond acceptors (Lipinski definition) is 9. The summed E-state index contributed by atoms with van der Waals surface area (Å²) < 4.78 is 21.2. The van der Waals surface area contributed by atoms with Crippen molar-refractivity contribution < 1.29 is 23.7 Å². The standard InChI is InChI=1S/C21H24N4O7/c1-11(26)32-10-13-8-23-19-18(20(27)25-21(28)24-19)14(13)9-22-7-12-5-16(30-3)17(31-4)6-15(12)29-2/h5-6,8,22H,7,9-10H2,1-4H3,(H2,23,24,25,27,28). The van der Waals surface area contributed by atoms with Crippen LogP contribution in [0.25, 0.3) is 11.0 Å². The zero-order valence-electron chi connectivity index (χ0n) is 18.2. The first-order valence-corrected chi connectivity index (χ1v) is 9.64. The van der Waals surface area contributed by atoms with Gasteiger partial charge in [-0.3, -0.25) is 19.6 Å². The summed E-state index contributed by atoms with van der Waals surface area (Å²) in [5.41, 5.74) is 0.793. The molecule has 0 saturated carbocycles. The molecule has 170 valence electrons. The number of aromatic nitrogens is 3. The molecule has 0 saturated heterocycles. The summed E-state index contributed by atoms with van der Waals surface area (Å²) in [5, 5.41) is 3.46. The molecule has 0 spiro atoms. The third-order valence-corrected chi connectivity index (χ3v) is 4.80. The van der Waals surface area contributed by atoms with Crippen molar-refractivity contribution in [3.63, 3.8) is 0 Å². The first-order valence-electron chi connectivity index (χ1n) is 9.64. The van der Waals surface area contributed by atoms with E-state index in [0.29, 0.717) is 34.9 Å². The molecular formula is C21H24N4O7. The normalized spacial score (nSPS) is 10.8. The van der Waals surface area contributed by atoms with Gasteiger partial charge in [0, 0.05) is 43.4 Å². The van der Waals surface area contributed by atoms with E-state index in [4.69, 9.17) is 18.9 Å². The van der Waals surface area contributed by atoms with Crippen LogP contribution in [0.5, 0.6) is 17.2 Å². The molecule has 32 heavy (non-hydrogen) atoms. The molecule has 2 aromatic heterocycles. The van der Waals surface area contributed by atoms with Crippen molar-refractivity contribution in [2.45, 2.75) is 26.6 Å². The summed E-state index contributed by atoms with van der Waals surface area (Å²) in [7, 11) is 4.63. The van der Waals surface area contributed by atoms with Gasteiger partial charge in [0.1, 0.15) is 18.0 Å². The van der Waals surface area contributed by atoms with Gasteiger partial charge in [-0.1, -0.05) is 0 Å². The van der Waals surface area contributed by atoms with E-state index >= 15 is 0 Å². The van der Waals surface area contributed by atoms with E-state index < -0.39 is 17.2 Å². The molecule has 0 bridgehead atoms. The number of hydrogen-bond donors (Lipinski definition) is 3. The Bertz CT molecular complexity index is 1250. The molecule has 11 heteroatoms. The van der Waals surface area contributed by atoms with E-state index in [2.05, 4.69) is 20.3 Å². The quantitative estimate of drug-likeness (QED) is 0.411. The minimum atomic E-state index is -0.656. The molecule has 0 aliphatic heterocycles. The second-order valence-corrected chi connectivity index (χ2v) is 6.80. The maximum atomic E-state index is 12.5. The number of carbonyl (C=O) groups is 1. The molecule has 0 aliphatic carbocycles. The highest BCUT2D eigenvalue weighted by Gasteiger charge is 2.16. The maximum absolute atomic E-state index is 12.5. The first-order chi connectivity index (χ1) is 15.4. The number of carbonyl (C=O) groups excluding carboxylic acids is 1. The molecule has 1 aromatic carbocycles. The highest BCUT2D eigenvalue weighted by Crippen LogP contribution is 2.34. The average Bonchev–Trinajstić information content (AvgIpc) is 2.77.